The number of benzene rings is 1. The number of hydrogen-bond acceptors (Lipinski definition) is 2. The maximum Gasteiger partial charge on any atom is 0.418 e. The van der Waals surface area contributed by atoms with Crippen LogP contribution in [0.3, 0.4) is 0 Å². The van der Waals surface area contributed by atoms with Crippen molar-refractivity contribution in [2.45, 2.75) is 51.2 Å². The van der Waals surface area contributed by atoms with Crippen LogP contribution in [0.1, 0.15) is 43.7 Å². The third-order valence-electron chi connectivity index (χ3n) is 3.62. The van der Waals surface area contributed by atoms with E-state index < -0.39 is 11.7 Å². The smallest absolute Gasteiger partial charge is 0.418 e. The van der Waals surface area contributed by atoms with Crippen LogP contribution >= 0.6 is 0 Å². The summed E-state index contributed by atoms with van der Waals surface area (Å²) < 4.78 is 38.5. The largest absolute Gasteiger partial charge is 0.677 e. The van der Waals surface area contributed by atoms with E-state index in [0.29, 0.717) is 18.5 Å². The molecule has 0 saturated heterocycles. The number of anilines is 1. The Morgan fingerprint density at radius 3 is 2.59 bits per heavy atom. The lowest BCUT2D eigenvalue weighted by molar-refractivity contribution is -0.136. The molecule has 0 fully saturated rings. The summed E-state index contributed by atoms with van der Waals surface area (Å²) in [7, 11) is 0. The van der Waals surface area contributed by atoms with Gasteiger partial charge in [0.1, 0.15) is 0 Å². The molecule has 0 saturated carbocycles. The molecular formula is C16H25F3N3-. The second-order valence-electron chi connectivity index (χ2n) is 5.50. The molecule has 22 heavy (non-hydrogen) atoms. The first kappa shape index (κ1) is 18.8. The Labute approximate surface area is 130 Å². The number of hydrogen-bond donors (Lipinski definition) is 2. The molecule has 1 aromatic carbocycles. The van der Waals surface area contributed by atoms with Crippen molar-refractivity contribution in [2.24, 2.45) is 0 Å². The number of rotatable bonds is 9. The summed E-state index contributed by atoms with van der Waals surface area (Å²) in [6.07, 6.45) is -0.381. The number of nitrogens with two attached hydrogens (primary N) is 1. The maximum atomic E-state index is 12.8. The molecule has 0 spiro atoms. The van der Waals surface area contributed by atoms with Crippen LogP contribution in [0, 0.1) is 0 Å². The van der Waals surface area contributed by atoms with Gasteiger partial charge in [0.05, 0.1) is 5.56 Å². The number of halogens is 3. The molecule has 0 radical (unpaired) electrons. The van der Waals surface area contributed by atoms with Crippen molar-refractivity contribution in [1.82, 2.24) is 5.32 Å². The Balaban J connectivity index is 2.68. The second kappa shape index (κ2) is 9.00. The molecule has 0 aliphatic heterocycles. The highest BCUT2D eigenvalue weighted by atomic mass is 19.4. The summed E-state index contributed by atoms with van der Waals surface area (Å²) in [4.78, 5) is 0. The van der Waals surface area contributed by atoms with Gasteiger partial charge in [0.2, 0.25) is 0 Å². The van der Waals surface area contributed by atoms with E-state index in [1.807, 2.05) is 0 Å². The quantitative estimate of drug-likeness (QED) is 0.662. The van der Waals surface area contributed by atoms with E-state index in [-0.39, 0.29) is 11.7 Å². The average Bonchev–Trinajstić information content (AvgIpc) is 2.46. The molecular weight excluding hydrogens is 291 g/mol. The zero-order chi connectivity index (χ0) is 16.6. The zero-order valence-corrected chi connectivity index (χ0v) is 13.0. The predicted octanol–water partition coefficient (Wildman–Crippen LogP) is 4.42. The van der Waals surface area contributed by atoms with Crippen LogP contribution in [-0.4, -0.2) is 19.1 Å². The average molecular weight is 316 g/mol. The first-order chi connectivity index (χ1) is 10.4. The topological polar surface area (TPSA) is 61.8 Å². The molecule has 3 nitrogen and oxygen atoms in total. The van der Waals surface area contributed by atoms with Crippen LogP contribution in [0.5, 0.6) is 0 Å². The number of nitrogens with one attached hydrogen (secondary N) is 2. The minimum absolute atomic E-state index is 0.230. The number of nitrogen functional groups attached to an aromatic ring is 1. The van der Waals surface area contributed by atoms with Gasteiger partial charge < -0.3 is 16.8 Å². The molecule has 1 atom stereocenters. The van der Waals surface area contributed by atoms with Crippen molar-refractivity contribution in [1.29, 1.82) is 0 Å². The summed E-state index contributed by atoms with van der Waals surface area (Å²) in [5.41, 5.74) is 12.3. The summed E-state index contributed by atoms with van der Waals surface area (Å²) >= 11 is 0. The van der Waals surface area contributed by atoms with Crippen LogP contribution in [0.15, 0.2) is 18.2 Å². The van der Waals surface area contributed by atoms with Crippen LogP contribution in [-0.2, 0) is 12.6 Å². The summed E-state index contributed by atoms with van der Waals surface area (Å²) in [6.45, 7) is 3.34. The van der Waals surface area contributed by atoms with Crippen molar-refractivity contribution >= 4 is 5.69 Å². The lowest BCUT2D eigenvalue weighted by Crippen LogP contribution is -2.30. The zero-order valence-electron chi connectivity index (χ0n) is 13.0. The minimum atomic E-state index is -4.41. The fourth-order valence-electron chi connectivity index (χ4n) is 2.39. The third-order valence-corrected chi connectivity index (χ3v) is 3.62. The lowest BCUT2D eigenvalue weighted by Gasteiger charge is -2.19. The van der Waals surface area contributed by atoms with E-state index in [9.17, 15) is 13.2 Å². The van der Waals surface area contributed by atoms with E-state index in [0.717, 1.165) is 38.3 Å². The molecule has 1 unspecified atom stereocenters. The molecule has 0 amide bonds. The van der Waals surface area contributed by atoms with Gasteiger partial charge in [-0.3, -0.25) is 0 Å². The van der Waals surface area contributed by atoms with Gasteiger partial charge in [-0.1, -0.05) is 19.4 Å². The van der Waals surface area contributed by atoms with Crippen LogP contribution in [0.2, 0.25) is 0 Å². The van der Waals surface area contributed by atoms with E-state index in [1.54, 1.807) is 6.07 Å². The Morgan fingerprint density at radius 2 is 2.00 bits per heavy atom. The molecule has 0 aliphatic rings. The molecule has 0 aliphatic carbocycles. The lowest BCUT2D eigenvalue weighted by atomic mass is 9.99. The summed E-state index contributed by atoms with van der Waals surface area (Å²) in [5, 5.41) is 3.40. The Bertz CT molecular complexity index is 439. The van der Waals surface area contributed by atoms with Gasteiger partial charge in [-0.05, 0) is 49.9 Å². The molecule has 126 valence electrons. The number of alkyl halides is 3. The molecule has 0 bridgehead atoms. The highest BCUT2D eigenvalue weighted by Crippen LogP contribution is 2.34. The highest BCUT2D eigenvalue weighted by molar-refractivity contribution is 5.50. The van der Waals surface area contributed by atoms with Gasteiger partial charge in [0.25, 0.3) is 0 Å². The van der Waals surface area contributed by atoms with Gasteiger partial charge in [-0.25, -0.2) is 0 Å². The third kappa shape index (κ3) is 6.23. The van der Waals surface area contributed by atoms with Crippen molar-refractivity contribution in [2.75, 3.05) is 18.8 Å². The van der Waals surface area contributed by atoms with E-state index in [2.05, 4.69) is 12.2 Å². The first-order valence-electron chi connectivity index (χ1n) is 7.72. The fraction of sp³-hybridized carbons (Fsp3) is 0.625. The van der Waals surface area contributed by atoms with E-state index in [4.69, 9.17) is 11.5 Å². The molecule has 4 N–H and O–H groups in total. The predicted molar refractivity (Wildman–Crippen MR) is 84.7 cm³/mol. The van der Waals surface area contributed by atoms with Crippen molar-refractivity contribution in [3.63, 3.8) is 0 Å². The van der Waals surface area contributed by atoms with Gasteiger partial charge in [0, 0.05) is 11.7 Å². The van der Waals surface area contributed by atoms with Crippen LogP contribution < -0.4 is 11.1 Å². The van der Waals surface area contributed by atoms with Crippen LogP contribution in [0.25, 0.3) is 5.73 Å². The van der Waals surface area contributed by atoms with E-state index >= 15 is 0 Å². The molecule has 6 heteroatoms. The molecule has 1 aromatic rings. The fourth-order valence-corrected chi connectivity index (χ4v) is 2.39. The maximum absolute atomic E-state index is 12.8. The number of aryl methyl sites for hydroxylation is 1. The molecule has 0 heterocycles. The van der Waals surface area contributed by atoms with E-state index in [1.165, 1.54) is 6.07 Å². The second-order valence-corrected chi connectivity index (χ2v) is 5.50. The Hall–Kier alpha value is -1.27. The SMILES string of the molecule is CCCNC(CCC[NH-])CCc1ccc(N)c(C(F)(F)F)c1. The Morgan fingerprint density at radius 1 is 1.27 bits per heavy atom. The van der Waals surface area contributed by atoms with Crippen LogP contribution in [0.4, 0.5) is 18.9 Å². The van der Waals surface area contributed by atoms with Crippen molar-refractivity contribution < 1.29 is 13.2 Å². The van der Waals surface area contributed by atoms with Gasteiger partial charge in [-0.2, -0.15) is 19.7 Å². The highest BCUT2D eigenvalue weighted by Gasteiger charge is 2.33. The standard InChI is InChI=1S/C16H25F3N3/c1-2-10-22-13(4-3-9-20)7-5-12-6-8-15(21)14(11-12)16(17,18)19/h6,8,11,13,20,22H,2-5,7,9-10,21H2,1H3/q-1. The first-order valence-corrected chi connectivity index (χ1v) is 7.72. The normalized spacial score (nSPS) is 13.3. The van der Waals surface area contributed by atoms with Gasteiger partial charge in [0.15, 0.2) is 0 Å². The molecule has 0 aromatic heterocycles. The minimum Gasteiger partial charge on any atom is -0.677 e. The van der Waals surface area contributed by atoms with Crippen molar-refractivity contribution in [3.8, 4) is 0 Å². The van der Waals surface area contributed by atoms with Gasteiger partial charge >= 0.3 is 6.18 Å². The summed E-state index contributed by atoms with van der Waals surface area (Å²) in [5.74, 6) is 0. The van der Waals surface area contributed by atoms with Crippen molar-refractivity contribution in [3.05, 3.63) is 35.1 Å². The summed E-state index contributed by atoms with van der Waals surface area (Å²) in [6, 6.07) is 4.39. The molecule has 1 rings (SSSR count). The van der Waals surface area contributed by atoms with Gasteiger partial charge in [-0.15, -0.1) is 0 Å². The monoisotopic (exact) mass is 316 g/mol. The Kier molecular flexibility index (Phi) is 7.68.